The van der Waals surface area contributed by atoms with Crippen LogP contribution in [0.1, 0.15) is 5.56 Å². The van der Waals surface area contributed by atoms with Crippen molar-refractivity contribution in [1.82, 2.24) is 5.10 Å². The monoisotopic (exact) mass is 268 g/mol. The van der Waals surface area contributed by atoms with E-state index in [4.69, 9.17) is 0 Å². The molecule has 4 heteroatoms. The van der Waals surface area contributed by atoms with Crippen molar-refractivity contribution >= 4 is 22.2 Å². The van der Waals surface area contributed by atoms with Gasteiger partial charge >= 0.3 is 0 Å². The second kappa shape index (κ2) is 5.20. The highest BCUT2D eigenvalue weighted by molar-refractivity contribution is 7.13. The first-order chi connectivity index (χ1) is 9.33. The number of hydrogen-bond donors (Lipinski definition) is 1. The Morgan fingerprint density at radius 3 is 2.53 bits per heavy atom. The number of para-hydroxylation sites is 2. The Hall–Kier alpha value is -2.20. The van der Waals surface area contributed by atoms with Crippen LogP contribution in [0, 0.1) is 6.92 Å². The van der Waals surface area contributed by atoms with E-state index in [1.165, 1.54) is 5.56 Å². The number of benzene rings is 2. The lowest BCUT2D eigenvalue weighted by molar-refractivity contribution is -0.653. The van der Waals surface area contributed by atoms with Gasteiger partial charge in [0.2, 0.25) is 5.69 Å². The highest BCUT2D eigenvalue weighted by Crippen LogP contribution is 2.17. The van der Waals surface area contributed by atoms with Crippen molar-refractivity contribution in [2.24, 2.45) is 0 Å². The molecule has 1 heterocycles. The van der Waals surface area contributed by atoms with Crippen LogP contribution in [0.5, 0.6) is 0 Å². The Labute approximate surface area is 116 Å². The summed E-state index contributed by atoms with van der Waals surface area (Å²) >= 11 is 1.59. The van der Waals surface area contributed by atoms with E-state index in [0.717, 1.165) is 16.5 Å². The van der Waals surface area contributed by atoms with Gasteiger partial charge in [-0.15, -0.1) is 0 Å². The Bertz CT molecular complexity index is 677. The summed E-state index contributed by atoms with van der Waals surface area (Å²) in [7, 11) is 0. The molecule has 0 fully saturated rings. The first kappa shape index (κ1) is 11.9. The van der Waals surface area contributed by atoms with Crippen molar-refractivity contribution in [3.05, 3.63) is 65.7 Å². The molecule has 0 saturated heterocycles. The van der Waals surface area contributed by atoms with Gasteiger partial charge in [0.1, 0.15) is 0 Å². The molecular weight excluding hydrogens is 254 g/mol. The summed E-state index contributed by atoms with van der Waals surface area (Å²) < 4.78 is 1.91. The SMILES string of the molecule is Cc1ccccc1-[n+]1csc(Nc2ccccc2)n1. The lowest BCUT2D eigenvalue weighted by Crippen LogP contribution is -2.32. The van der Waals surface area contributed by atoms with E-state index < -0.39 is 0 Å². The fourth-order valence-corrected chi connectivity index (χ4v) is 2.55. The molecule has 0 aliphatic rings. The third kappa shape index (κ3) is 2.63. The van der Waals surface area contributed by atoms with Gasteiger partial charge in [0.25, 0.3) is 10.6 Å². The van der Waals surface area contributed by atoms with Crippen LogP contribution in [0.15, 0.2) is 60.1 Å². The molecule has 0 bridgehead atoms. The van der Waals surface area contributed by atoms with Gasteiger partial charge in [-0.25, -0.2) is 0 Å². The van der Waals surface area contributed by atoms with Crippen LogP contribution in [0.25, 0.3) is 5.69 Å². The van der Waals surface area contributed by atoms with Gasteiger partial charge < -0.3 is 5.32 Å². The number of aromatic nitrogens is 2. The maximum atomic E-state index is 4.56. The molecule has 3 aromatic rings. The summed E-state index contributed by atoms with van der Waals surface area (Å²) in [5.41, 5.74) is 5.38. The fourth-order valence-electron chi connectivity index (χ4n) is 1.88. The van der Waals surface area contributed by atoms with Crippen molar-refractivity contribution in [2.45, 2.75) is 6.92 Å². The van der Waals surface area contributed by atoms with Gasteiger partial charge in [0.15, 0.2) is 0 Å². The number of hydrogen-bond acceptors (Lipinski definition) is 3. The molecule has 2 aromatic carbocycles. The number of anilines is 2. The quantitative estimate of drug-likeness (QED) is 0.737. The molecule has 0 atom stereocenters. The summed E-state index contributed by atoms with van der Waals surface area (Å²) in [6.45, 7) is 2.09. The number of aryl methyl sites for hydroxylation is 1. The zero-order chi connectivity index (χ0) is 13.1. The Morgan fingerprint density at radius 2 is 1.74 bits per heavy atom. The molecule has 3 nitrogen and oxygen atoms in total. The highest BCUT2D eigenvalue weighted by atomic mass is 32.1. The zero-order valence-electron chi connectivity index (χ0n) is 10.6. The molecule has 0 radical (unpaired) electrons. The molecule has 0 unspecified atom stereocenters. The molecule has 0 spiro atoms. The van der Waals surface area contributed by atoms with Crippen LogP contribution in [0.2, 0.25) is 0 Å². The third-order valence-electron chi connectivity index (χ3n) is 2.85. The van der Waals surface area contributed by atoms with E-state index >= 15 is 0 Å². The molecule has 1 aromatic heterocycles. The largest absolute Gasteiger partial charge is 0.327 e. The van der Waals surface area contributed by atoms with Crippen molar-refractivity contribution in [3.63, 3.8) is 0 Å². The maximum absolute atomic E-state index is 4.56. The van der Waals surface area contributed by atoms with Gasteiger partial charge in [-0.1, -0.05) is 36.4 Å². The summed E-state index contributed by atoms with van der Waals surface area (Å²) in [5, 5.41) is 8.74. The third-order valence-corrected chi connectivity index (χ3v) is 3.56. The van der Waals surface area contributed by atoms with Crippen molar-refractivity contribution in [1.29, 1.82) is 0 Å². The van der Waals surface area contributed by atoms with Gasteiger partial charge in [-0.05, 0) is 35.1 Å². The van der Waals surface area contributed by atoms with Crippen LogP contribution in [0.4, 0.5) is 10.8 Å². The summed E-state index contributed by atoms with van der Waals surface area (Å²) in [6.07, 6.45) is 0. The molecule has 0 aliphatic carbocycles. The Morgan fingerprint density at radius 1 is 1.00 bits per heavy atom. The topological polar surface area (TPSA) is 28.8 Å². The molecular formula is C15H14N3S+. The first-order valence-electron chi connectivity index (χ1n) is 6.08. The van der Waals surface area contributed by atoms with Crippen LogP contribution in [-0.4, -0.2) is 5.10 Å². The molecule has 19 heavy (non-hydrogen) atoms. The van der Waals surface area contributed by atoms with E-state index in [1.807, 2.05) is 52.7 Å². The van der Waals surface area contributed by atoms with Crippen LogP contribution >= 0.6 is 11.3 Å². The smallest absolute Gasteiger partial charge is 0.261 e. The Balaban J connectivity index is 1.86. The van der Waals surface area contributed by atoms with E-state index in [0.29, 0.717) is 0 Å². The van der Waals surface area contributed by atoms with Gasteiger partial charge in [0, 0.05) is 22.4 Å². The number of rotatable bonds is 3. The molecule has 0 amide bonds. The minimum atomic E-state index is 0.884. The second-order valence-corrected chi connectivity index (χ2v) is 5.08. The van der Waals surface area contributed by atoms with Crippen molar-refractivity contribution in [2.75, 3.05) is 5.32 Å². The standard InChI is InChI=1S/C15H14N3S/c1-12-7-5-6-10-14(12)18-11-19-15(17-18)16-13-8-3-2-4-9-13/h2-11H,1H3,(H,16,17)/q+1. The van der Waals surface area contributed by atoms with Crippen LogP contribution in [-0.2, 0) is 0 Å². The average Bonchev–Trinajstić information content (AvgIpc) is 2.89. The minimum Gasteiger partial charge on any atom is -0.327 e. The fraction of sp³-hybridized carbons (Fsp3) is 0.0667. The van der Waals surface area contributed by atoms with E-state index in [2.05, 4.69) is 29.5 Å². The van der Waals surface area contributed by atoms with Crippen molar-refractivity contribution < 1.29 is 4.68 Å². The zero-order valence-corrected chi connectivity index (χ0v) is 11.4. The Kier molecular flexibility index (Phi) is 3.25. The maximum Gasteiger partial charge on any atom is 0.261 e. The lowest BCUT2D eigenvalue weighted by atomic mass is 10.2. The number of nitrogens with one attached hydrogen (secondary N) is 1. The van der Waals surface area contributed by atoms with Crippen molar-refractivity contribution in [3.8, 4) is 5.69 Å². The van der Waals surface area contributed by atoms with Gasteiger partial charge in [-0.2, -0.15) is 0 Å². The number of nitrogens with zero attached hydrogens (tertiary/aromatic N) is 2. The molecule has 94 valence electrons. The first-order valence-corrected chi connectivity index (χ1v) is 6.96. The molecule has 1 N–H and O–H groups in total. The van der Waals surface area contributed by atoms with E-state index in [9.17, 15) is 0 Å². The molecule has 0 saturated carbocycles. The van der Waals surface area contributed by atoms with E-state index in [-0.39, 0.29) is 0 Å². The minimum absolute atomic E-state index is 0.884. The summed E-state index contributed by atoms with van der Waals surface area (Å²) in [4.78, 5) is 0. The van der Waals surface area contributed by atoms with Crippen LogP contribution in [0.3, 0.4) is 0 Å². The predicted molar refractivity (Wildman–Crippen MR) is 78.1 cm³/mol. The summed E-state index contributed by atoms with van der Waals surface area (Å²) in [6, 6.07) is 18.3. The lowest BCUT2D eigenvalue weighted by Gasteiger charge is -1.98. The highest BCUT2D eigenvalue weighted by Gasteiger charge is 2.14. The molecule has 3 rings (SSSR count). The normalized spacial score (nSPS) is 10.4. The predicted octanol–water partition coefficient (Wildman–Crippen LogP) is 3.47. The summed E-state index contributed by atoms with van der Waals surface area (Å²) in [5.74, 6) is 0. The second-order valence-electron chi connectivity index (χ2n) is 4.25. The van der Waals surface area contributed by atoms with E-state index in [1.54, 1.807) is 11.3 Å². The molecule has 0 aliphatic heterocycles. The van der Waals surface area contributed by atoms with Gasteiger partial charge in [-0.3, -0.25) is 0 Å². The average molecular weight is 268 g/mol. The van der Waals surface area contributed by atoms with Crippen LogP contribution < -0.4 is 10.00 Å². The van der Waals surface area contributed by atoms with Gasteiger partial charge in [0.05, 0.1) is 0 Å².